The minimum Gasteiger partial charge on any atom is -0.383 e. The summed E-state index contributed by atoms with van der Waals surface area (Å²) in [6.07, 6.45) is 7.38. The molecule has 3 N–H and O–H groups in total. The van der Waals surface area contributed by atoms with Gasteiger partial charge in [0, 0.05) is 19.3 Å². The Morgan fingerprint density at radius 1 is 1.23 bits per heavy atom. The number of nitrogens with two attached hydrogens (primary N) is 1. The lowest BCUT2D eigenvalue weighted by Gasteiger charge is -2.38. The minimum absolute atomic E-state index is 0.206. The lowest BCUT2D eigenvalue weighted by molar-refractivity contribution is -0.146. The standard InChI is InChI=1S/C25H29FN6O3/c1-15-8-9-20(16-5-4-6-17(26)11-16)31(13-15)25(34)24(33)29-19-12-28-23(27)18-14-32(30-22(18)19)21-7-2-3-10-35-21/h4-6,11-12,14-15,20-21H,2-3,7-10,13H2,1H3,(H2,27,28)(H,29,33). The Balaban J connectivity index is 1.40. The molecule has 9 nitrogen and oxygen atoms in total. The molecule has 0 aliphatic carbocycles. The number of benzene rings is 1. The summed E-state index contributed by atoms with van der Waals surface area (Å²) < 4.78 is 21.4. The number of hydrogen-bond donors (Lipinski definition) is 2. The highest BCUT2D eigenvalue weighted by Gasteiger charge is 2.34. The van der Waals surface area contributed by atoms with Crippen molar-refractivity contribution in [2.75, 3.05) is 24.2 Å². The van der Waals surface area contributed by atoms with Gasteiger partial charge in [-0.1, -0.05) is 19.1 Å². The van der Waals surface area contributed by atoms with Crippen molar-refractivity contribution in [2.45, 2.75) is 51.3 Å². The highest BCUT2D eigenvalue weighted by molar-refractivity contribution is 6.40. The van der Waals surface area contributed by atoms with Crippen molar-refractivity contribution in [3.05, 3.63) is 48.0 Å². The summed E-state index contributed by atoms with van der Waals surface area (Å²) in [5.74, 6) is -1.33. The van der Waals surface area contributed by atoms with Gasteiger partial charge in [0.05, 0.1) is 23.3 Å². The van der Waals surface area contributed by atoms with Crippen LogP contribution in [0.2, 0.25) is 0 Å². The van der Waals surface area contributed by atoms with E-state index in [-0.39, 0.29) is 29.8 Å². The van der Waals surface area contributed by atoms with E-state index < -0.39 is 11.8 Å². The number of anilines is 2. The van der Waals surface area contributed by atoms with Crippen LogP contribution in [0, 0.1) is 11.7 Å². The highest BCUT2D eigenvalue weighted by atomic mass is 19.1. The van der Waals surface area contributed by atoms with Crippen LogP contribution in [0.3, 0.4) is 0 Å². The predicted molar refractivity (Wildman–Crippen MR) is 129 cm³/mol. The van der Waals surface area contributed by atoms with E-state index in [1.54, 1.807) is 23.0 Å². The lowest BCUT2D eigenvalue weighted by Crippen LogP contribution is -2.46. The average molecular weight is 481 g/mol. The molecule has 2 aliphatic heterocycles. The fourth-order valence-electron chi connectivity index (χ4n) is 4.96. The van der Waals surface area contributed by atoms with Gasteiger partial charge in [-0.2, -0.15) is 5.10 Å². The van der Waals surface area contributed by atoms with Crippen molar-refractivity contribution in [2.24, 2.45) is 5.92 Å². The van der Waals surface area contributed by atoms with Crippen molar-refractivity contribution < 1.29 is 18.7 Å². The van der Waals surface area contributed by atoms with Crippen LogP contribution in [0.1, 0.15) is 56.9 Å². The van der Waals surface area contributed by atoms with Gasteiger partial charge >= 0.3 is 11.8 Å². The van der Waals surface area contributed by atoms with Crippen molar-refractivity contribution in [3.8, 4) is 0 Å². The van der Waals surface area contributed by atoms with Gasteiger partial charge in [-0.25, -0.2) is 14.1 Å². The molecule has 2 saturated heterocycles. The number of nitrogens with one attached hydrogen (secondary N) is 1. The van der Waals surface area contributed by atoms with E-state index >= 15 is 0 Å². The maximum atomic E-state index is 13.9. The maximum absolute atomic E-state index is 13.9. The van der Waals surface area contributed by atoms with Gasteiger partial charge in [-0.3, -0.25) is 9.59 Å². The molecule has 3 unspecified atom stereocenters. The molecule has 2 aliphatic rings. The van der Waals surface area contributed by atoms with Crippen molar-refractivity contribution >= 4 is 34.2 Å². The zero-order chi connectivity index (χ0) is 24.5. The topological polar surface area (TPSA) is 115 Å². The zero-order valence-electron chi connectivity index (χ0n) is 19.6. The van der Waals surface area contributed by atoms with Gasteiger partial charge in [0.2, 0.25) is 0 Å². The van der Waals surface area contributed by atoms with Crippen LogP contribution in [-0.2, 0) is 14.3 Å². The third-order valence-corrected chi connectivity index (χ3v) is 6.80. The van der Waals surface area contributed by atoms with E-state index in [1.807, 2.05) is 6.92 Å². The van der Waals surface area contributed by atoms with Gasteiger partial charge in [-0.05, 0) is 55.7 Å². The molecule has 2 fully saturated rings. The molecular formula is C25H29FN6O3. The molecule has 2 aromatic heterocycles. The first-order valence-corrected chi connectivity index (χ1v) is 12.0. The van der Waals surface area contributed by atoms with Crippen LogP contribution in [0.15, 0.2) is 36.7 Å². The Morgan fingerprint density at radius 2 is 2.09 bits per heavy atom. The monoisotopic (exact) mass is 480 g/mol. The Hall–Kier alpha value is -3.53. The smallest absolute Gasteiger partial charge is 0.314 e. The number of nitrogens with zero attached hydrogens (tertiary/aromatic N) is 4. The van der Waals surface area contributed by atoms with Gasteiger partial charge in [-0.15, -0.1) is 0 Å². The van der Waals surface area contributed by atoms with Gasteiger partial charge in [0.15, 0.2) is 0 Å². The van der Waals surface area contributed by atoms with E-state index in [0.29, 0.717) is 41.7 Å². The Labute approximate surface area is 202 Å². The number of halogens is 1. The number of ether oxygens (including phenoxy) is 1. The fraction of sp³-hybridized carbons (Fsp3) is 0.440. The predicted octanol–water partition coefficient (Wildman–Crippen LogP) is 3.79. The van der Waals surface area contributed by atoms with E-state index in [1.165, 1.54) is 23.2 Å². The summed E-state index contributed by atoms with van der Waals surface area (Å²) in [5, 5.41) is 7.86. The highest BCUT2D eigenvalue weighted by Crippen LogP contribution is 2.34. The average Bonchev–Trinajstić information content (AvgIpc) is 3.32. The Kier molecular flexibility index (Phi) is 6.38. The molecule has 5 rings (SSSR count). The number of carbonyl (C=O) groups excluding carboxylic acids is 2. The van der Waals surface area contributed by atoms with Crippen molar-refractivity contribution in [1.82, 2.24) is 19.7 Å². The number of hydrogen-bond acceptors (Lipinski definition) is 6. The number of rotatable bonds is 3. The second-order valence-corrected chi connectivity index (χ2v) is 9.41. The number of piperidine rings is 1. The lowest BCUT2D eigenvalue weighted by atomic mass is 9.89. The molecule has 0 saturated carbocycles. The number of amides is 2. The normalized spacial score (nSPS) is 22.8. The van der Waals surface area contributed by atoms with E-state index in [4.69, 9.17) is 10.5 Å². The quantitative estimate of drug-likeness (QED) is 0.551. The van der Waals surface area contributed by atoms with Crippen LogP contribution in [0.4, 0.5) is 15.9 Å². The van der Waals surface area contributed by atoms with Gasteiger partial charge in [0.25, 0.3) is 0 Å². The molecule has 0 spiro atoms. The first kappa shape index (κ1) is 23.2. The van der Waals surface area contributed by atoms with Crippen LogP contribution >= 0.6 is 0 Å². The molecule has 0 bridgehead atoms. The summed E-state index contributed by atoms with van der Waals surface area (Å²) >= 11 is 0. The largest absolute Gasteiger partial charge is 0.383 e. The summed E-state index contributed by atoms with van der Waals surface area (Å²) in [7, 11) is 0. The molecule has 0 radical (unpaired) electrons. The number of nitrogen functional groups attached to an aromatic ring is 1. The summed E-state index contributed by atoms with van der Waals surface area (Å²) in [6.45, 7) is 3.11. The van der Waals surface area contributed by atoms with E-state index in [9.17, 15) is 14.0 Å². The first-order valence-electron chi connectivity index (χ1n) is 12.0. The minimum atomic E-state index is -0.795. The van der Waals surface area contributed by atoms with Crippen LogP contribution in [0.25, 0.3) is 10.9 Å². The second-order valence-electron chi connectivity index (χ2n) is 9.41. The number of aromatic nitrogens is 3. The van der Waals surface area contributed by atoms with Crippen LogP contribution < -0.4 is 11.1 Å². The molecule has 10 heteroatoms. The molecule has 35 heavy (non-hydrogen) atoms. The summed E-state index contributed by atoms with van der Waals surface area (Å²) in [6, 6.07) is 5.83. The third kappa shape index (κ3) is 4.70. The molecule has 1 aromatic carbocycles. The first-order chi connectivity index (χ1) is 16.9. The second kappa shape index (κ2) is 9.61. The van der Waals surface area contributed by atoms with Crippen LogP contribution in [-0.4, -0.2) is 44.6 Å². The SMILES string of the molecule is CC1CCC(c2cccc(F)c2)N(C(=O)C(=O)Nc2cnc(N)c3cn(C4CCCCO4)nc23)C1. The summed E-state index contributed by atoms with van der Waals surface area (Å²) in [4.78, 5) is 32.1. The van der Waals surface area contributed by atoms with Gasteiger partial charge in [0.1, 0.15) is 23.4 Å². The Bertz CT molecular complexity index is 1260. The molecule has 3 aromatic rings. The fourth-order valence-corrected chi connectivity index (χ4v) is 4.96. The summed E-state index contributed by atoms with van der Waals surface area (Å²) in [5.41, 5.74) is 7.49. The maximum Gasteiger partial charge on any atom is 0.314 e. The van der Waals surface area contributed by atoms with E-state index in [2.05, 4.69) is 15.4 Å². The Morgan fingerprint density at radius 3 is 2.86 bits per heavy atom. The molecule has 184 valence electrons. The third-order valence-electron chi connectivity index (χ3n) is 6.80. The zero-order valence-corrected chi connectivity index (χ0v) is 19.6. The molecule has 4 heterocycles. The van der Waals surface area contributed by atoms with Gasteiger partial charge < -0.3 is 20.7 Å². The number of fused-ring (bicyclic) bond motifs is 1. The number of likely N-dealkylation sites (tertiary alicyclic amines) is 1. The molecule has 2 amide bonds. The van der Waals surface area contributed by atoms with E-state index in [0.717, 1.165) is 25.7 Å². The molecule has 3 atom stereocenters. The number of pyridine rings is 1. The van der Waals surface area contributed by atoms with Crippen molar-refractivity contribution in [1.29, 1.82) is 0 Å². The molecular weight excluding hydrogens is 451 g/mol. The van der Waals surface area contributed by atoms with Crippen molar-refractivity contribution in [3.63, 3.8) is 0 Å². The number of carbonyl (C=O) groups is 2. The van der Waals surface area contributed by atoms with Crippen LogP contribution in [0.5, 0.6) is 0 Å².